The van der Waals surface area contributed by atoms with Crippen molar-refractivity contribution in [1.29, 1.82) is 0 Å². The van der Waals surface area contributed by atoms with Gasteiger partial charge in [-0.3, -0.25) is 4.90 Å². The molecule has 1 N–H and O–H groups in total. The van der Waals surface area contributed by atoms with Gasteiger partial charge >= 0.3 is 0 Å². The minimum absolute atomic E-state index is 0.168. The molecule has 0 saturated carbocycles. The SMILES string of the molecule is CNC(C1=COCCC1)C(C)(C)N1CCCCC1. The highest BCUT2D eigenvalue weighted by atomic mass is 16.5. The summed E-state index contributed by atoms with van der Waals surface area (Å²) in [6, 6.07) is 0.399. The highest BCUT2D eigenvalue weighted by molar-refractivity contribution is 5.17. The second kappa shape index (κ2) is 6.07. The molecule has 104 valence electrons. The van der Waals surface area contributed by atoms with Crippen molar-refractivity contribution in [2.24, 2.45) is 0 Å². The molecule has 3 nitrogen and oxygen atoms in total. The summed E-state index contributed by atoms with van der Waals surface area (Å²) in [5, 5.41) is 3.52. The van der Waals surface area contributed by atoms with Gasteiger partial charge in [-0.1, -0.05) is 6.42 Å². The van der Waals surface area contributed by atoms with Crippen molar-refractivity contribution in [2.75, 3.05) is 26.7 Å². The van der Waals surface area contributed by atoms with E-state index in [9.17, 15) is 0 Å². The molecule has 0 spiro atoms. The second-order valence-corrected chi connectivity index (χ2v) is 6.09. The molecule has 1 atom stereocenters. The van der Waals surface area contributed by atoms with Gasteiger partial charge in [-0.15, -0.1) is 0 Å². The Morgan fingerprint density at radius 2 is 1.94 bits per heavy atom. The van der Waals surface area contributed by atoms with Crippen molar-refractivity contribution in [2.45, 2.75) is 57.5 Å². The molecule has 0 aromatic carbocycles. The third-order valence-corrected chi connectivity index (χ3v) is 4.50. The Balaban J connectivity index is 2.11. The van der Waals surface area contributed by atoms with Crippen molar-refractivity contribution in [3.8, 4) is 0 Å². The number of nitrogens with one attached hydrogen (secondary N) is 1. The topological polar surface area (TPSA) is 24.5 Å². The Morgan fingerprint density at radius 3 is 2.50 bits per heavy atom. The van der Waals surface area contributed by atoms with Crippen molar-refractivity contribution >= 4 is 0 Å². The molecule has 3 heteroatoms. The quantitative estimate of drug-likeness (QED) is 0.832. The van der Waals surface area contributed by atoms with Gasteiger partial charge < -0.3 is 10.1 Å². The molecule has 2 aliphatic heterocycles. The molecule has 2 heterocycles. The van der Waals surface area contributed by atoms with E-state index in [0.29, 0.717) is 6.04 Å². The van der Waals surface area contributed by atoms with Gasteiger partial charge in [0, 0.05) is 11.6 Å². The molecule has 2 rings (SSSR count). The Labute approximate surface area is 112 Å². The third-order valence-electron chi connectivity index (χ3n) is 4.50. The summed E-state index contributed by atoms with van der Waals surface area (Å²) in [7, 11) is 2.08. The lowest BCUT2D eigenvalue weighted by atomic mass is 9.84. The van der Waals surface area contributed by atoms with Crippen LogP contribution < -0.4 is 5.32 Å². The largest absolute Gasteiger partial charge is 0.501 e. The van der Waals surface area contributed by atoms with Crippen molar-refractivity contribution in [1.82, 2.24) is 10.2 Å². The van der Waals surface area contributed by atoms with Crippen LogP contribution in [0.5, 0.6) is 0 Å². The fourth-order valence-corrected chi connectivity index (χ4v) is 3.44. The van der Waals surface area contributed by atoms with Crippen LogP contribution in [0.2, 0.25) is 0 Å². The number of hydrogen-bond donors (Lipinski definition) is 1. The van der Waals surface area contributed by atoms with Crippen LogP contribution in [0.4, 0.5) is 0 Å². The molecular weight excluding hydrogens is 224 g/mol. The van der Waals surface area contributed by atoms with Gasteiger partial charge in [-0.2, -0.15) is 0 Å². The van der Waals surface area contributed by atoms with E-state index in [1.807, 2.05) is 6.26 Å². The molecular formula is C15H28N2O. The van der Waals surface area contributed by atoms with Crippen LogP contribution in [-0.4, -0.2) is 43.2 Å². The van der Waals surface area contributed by atoms with Gasteiger partial charge in [0.15, 0.2) is 0 Å². The van der Waals surface area contributed by atoms with E-state index in [1.54, 1.807) is 0 Å². The standard InChI is InChI=1S/C15H28N2O/c1-15(2,17-9-5-4-6-10-17)14(16-3)13-8-7-11-18-12-13/h12,14,16H,4-11H2,1-3H3. The summed E-state index contributed by atoms with van der Waals surface area (Å²) >= 11 is 0. The Hall–Kier alpha value is -0.540. The maximum atomic E-state index is 5.53. The van der Waals surface area contributed by atoms with Crippen LogP contribution in [0, 0.1) is 0 Å². The van der Waals surface area contributed by atoms with Crippen LogP contribution in [-0.2, 0) is 4.74 Å². The maximum Gasteiger partial charge on any atom is 0.0876 e. The van der Waals surface area contributed by atoms with Gasteiger partial charge in [0.2, 0.25) is 0 Å². The lowest BCUT2D eigenvalue weighted by Gasteiger charge is -2.47. The molecule has 0 aliphatic carbocycles. The molecule has 1 unspecified atom stereocenters. The number of nitrogens with zero attached hydrogens (tertiary/aromatic N) is 1. The van der Waals surface area contributed by atoms with E-state index in [0.717, 1.165) is 13.0 Å². The van der Waals surface area contributed by atoms with Crippen molar-refractivity contribution < 1.29 is 4.74 Å². The van der Waals surface area contributed by atoms with Gasteiger partial charge in [-0.05, 0) is 65.2 Å². The Kier molecular flexibility index (Phi) is 4.68. The number of hydrogen-bond acceptors (Lipinski definition) is 3. The summed E-state index contributed by atoms with van der Waals surface area (Å²) in [4.78, 5) is 2.65. The number of piperidine rings is 1. The summed E-state index contributed by atoms with van der Waals surface area (Å²) in [6.45, 7) is 8.09. The van der Waals surface area contributed by atoms with Crippen LogP contribution in [0.25, 0.3) is 0 Å². The second-order valence-electron chi connectivity index (χ2n) is 6.09. The summed E-state index contributed by atoms with van der Waals surface area (Å²) < 4.78 is 5.53. The molecule has 0 radical (unpaired) electrons. The smallest absolute Gasteiger partial charge is 0.0876 e. The average molecular weight is 252 g/mol. The van der Waals surface area contributed by atoms with Crippen LogP contribution in [0.15, 0.2) is 11.8 Å². The van der Waals surface area contributed by atoms with Crippen LogP contribution in [0.1, 0.15) is 46.0 Å². The Morgan fingerprint density at radius 1 is 1.22 bits per heavy atom. The first kappa shape index (κ1) is 13.9. The van der Waals surface area contributed by atoms with Crippen molar-refractivity contribution in [3.05, 3.63) is 11.8 Å². The van der Waals surface area contributed by atoms with E-state index in [2.05, 4.69) is 31.1 Å². The molecule has 1 fully saturated rings. The first-order valence-corrected chi connectivity index (χ1v) is 7.39. The first-order chi connectivity index (χ1) is 8.66. The van der Waals surface area contributed by atoms with E-state index >= 15 is 0 Å². The van der Waals surface area contributed by atoms with E-state index in [-0.39, 0.29) is 5.54 Å². The number of likely N-dealkylation sites (N-methyl/N-ethyl adjacent to an activating group) is 1. The molecule has 0 aromatic heterocycles. The van der Waals surface area contributed by atoms with Gasteiger partial charge in [-0.25, -0.2) is 0 Å². The zero-order valence-corrected chi connectivity index (χ0v) is 12.2. The highest BCUT2D eigenvalue weighted by Gasteiger charge is 2.37. The van der Waals surface area contributed by atoms with Gasteiger partial charge in [0.25, 0.3) is 0 Å². The third kappa shape index (κ3) is 2.89. The minimum atomic E-state index is 0.168. The van der Waals surface area contributed by atoms with Crippen molar-refractivity contribution in [3.63, 3.8) is 0 Å². The predicted octanol–water partition coefficient (Wildman–Crippen LogP) is 2.53. The van der Waals surface area contributed by atoms with Gasteiger partial charge in [0.1, 0.15) is 0 Å². The fraction of sp³-hybridized carbons (Fsp3) is 0.867. The number of ether oxygens (including phenoxy) is 1. The lowest BCUT2D eigenvalue weighted by Crippen LogP contribution is -2.59. The zero-order valence-electron chi connectivity index (χ0n) is 12.2. The first-order valence-electron chi connectivity index (χ1n) is 7.39. The van der Waals surface area contributed by atoms with E-state index < -0.39 is 0 Å². The maximum absolute atomic E-state index is 5.53. The fourth-order valence-electron chi connectivity index (χ4n) is 3.44. The highest BCUT2D eigenvalue weighted by Crippen LogP contribution is 2.30. The zero-order chi connectivity index (χ0) is 13.0. The Bertz CT molecular complexity index is 293. The summed E-state index contributed by atoms with van der Waals surface area (Å²) in [5.41, 5.74) is 1.60. The summed E-state index contributed by atoms with van der Waals surface area (Å²) in [5.74, 6) is 0. The molecule has 18 heavy (non-hydrogen) atoms. The monoisotopic (exact) mass is 252 g/mol. The normalized spacial score (nSPS) is 24.3. The summed E-state index contributed by atoms with van der Waals surface area (Å²) in [6.07, 6.45) is 8.40. The van der Waals surface area contributed by atoms with Crippen LogP contribution >= 0.6 is 0 Å². The van der Waals surface area contributed by atoms with Crippen LogP contribution in [0.3, 0.4) is 0 Å². The number of rotatable bonds is 4. The number of likely N-dealkylation sites (tertiary alicyclic amines) is 1. The molecule has 2 aliphatic rings. The van der Waals surface area contributed by atoms with E-state index in [1.165, 1.54) is 44.3 Å². The van der Waals surface area contributed by atoms with E-state index in [4.69, 9.17) is 4.74 Å². The average Bonchev–Trinajstić information content (AvgIpc) is 2.41. The molecule has 0 bridgehead atoms. The minimum Gasteiger partial charge on any atom is -0.501 e. The molecule has 1 saturated heterocycles. The van der Waals surface area contributed by atoms with Gasteiger partial charge in [0.05, 0.1) is 12.9 Å². The molecule has 0 aromatic rings. The predicted molar refractivity (Wildman–Crippen MR) is 75.6 cm³/mol. The molecule has 0 amide bonds. The lowest BCUT2D eigenvalue weighted by molar-refractivity contribution is 0.0694.